The molecule has 1 fully saturated rings. The fourth-order valence-corrected chi connectivity index (χ4v) is 5.23. The largest absolute Gasteiger partial charge is 0.504 e. The summed E-state index contributed by atoms with van der Waals surface area (Å²) < 4.78 is 0. The van der Waals surface area contributed by atoms with Gasteiger partial charge in [0, 0.05) is 29.5 Å². The zero-order chi connectivity index (χ0) is 24.4. The molecule has 0 spiro atoms. The van der Waals surface area contributed by atoms with Gasteiger partial charge >= 0.3 is 0 Å². The number of aryl methyl sites for hydroxylation is 1. The van der Waals surface area contributed by atoms with E-state index < -0.39 is 0 Å². The Kier molecular flexibility index (Phi) is 6.64. The first-order chi connectivity index (χ1) is 17.0. The summed E-state index contributed by atoms with van der Waals surface area (Å²) in [4.78, 5) is 12.2. The van der Waals surface area contributed by atoms with Gasteiger partial charge in [0.1, 0.15) is 10.6 Å². The van der Waals surface area contributed by atoms with Crippen molar-refractivity contribution in [3.05, 3.63) is 84.3 Å². The highest BCUT2D eigenvalue weighted by atomic mass is 32.2. The van der Waals surface area contributed by atoms with Crippen molar-refractivity contribution in [2.75, 3.05) is 11.4 Å². The van der Waals surface area contributed by atoms with Crippen molar-refractivity contribution >= 4 is 23.1 Å². The van der Waals surface area contributed by atoms with Gasteiger partial charge in [-0.2, -0.15) is 0 Å². The van der Waals surface area contributed by atoms with Gasteiger partial charge in [-0.3, -0.25) is 4.98 Å². The molecule has 2 N–H and O–H groups in total. The van der Waals surface area contributed by atoms with Crippen LogP contribution in [0.25, 0.3) is 11.1 Å². The Morgan fingerprint density at radius 2 is 1.74 bits per heavy atom. The molecular weight excluding hydrogens is 454 g/mol. The molecule has 1 aliphatic carbocycles. The standard InChI is InChI=1S/C29H29N3O2S/c1-3-32(22-7-5-4-6-8-22)26-25(17-20-9-10-20)31-29(34)28(27(26)33)35-23-13-11-21(12-14-23)24-15-16-30-18-19(24)2/h4-8,11-16,18,20H,3,9-10,17H2,1-2H3,(H2,31,33,34). The molecule has 0 radical (unpaired) electrons. The highest BCUT2D eigenvalue weighted by Gasteiger charge is 2.29. The van der Waals surface area contributed by atoms with Gasteiger partial charge in [0.05, 0.1) is 5.69 Å². The van der Waals surface area contributed by atoms with Crippen molar-refractivity contribution in [3.63, 3.8) is 0 Å². The zero-order valence-corrected chi connectivity index (χ0v) is 20.8. The Balaban J connectivity index is 1.52. The highest BCUT2D eigenvalue weighted by molar-refractivity contribution is 7.99. The van der Waals surface area contributed by atoms with Gasteiger partial charge in [-0.05, 0) is 86.1 Å². The molecular formula is C29H29N3O2S. The lowest BCUT2D eigenvalue weighted by molar-refractivity contribution is 0.409. The molecule has 5 nitrogen and oxygen atoms in total. The molecule has 178 valence electrons. The molecule has 2 aromatic carbocycles. The molecule has 4 aromatic rings. The van der Waals surface area contributed by atoms with Crippen molar-refractivity contribution in [2.24, 2.45) is 5.92 Å². The molecule has 0 unspecified atom stereocenters. The van der Waals surface area contributed by atoms with E-state index in [0.717, 1.165) is 39.4 Å². The molecule has 0 atom stereocenters. The Hall–Kier alpha value is -3.51. The smallest absolute Gasteiger partial charge is 0.229 e. The van der Waals surface area contributed by atoms with E-state index in [2.05, 4.69) is 33.9 Å². The monoisotopic (exact) mass is 483 g/mol. The minimum atomic E-state index is -0.120. The number of hydrogen-bond donors (Lipinski definition) is 2. The van der Waals surface area contributed by atoms with Crippen LogP contribution in [0.5, 0.6) is 11.6 Å². The Labute approximate surface area is 210 Å². The van der Waals surface area contributed by atoms with Crippen LogP contribution >= 0.6 is 11.8 Å². The summed E-state index contributed by atoms with van der Waals surface area (Å²) in [5, 5.41) is 22.4. The van der Waals surface area contributed by atoms with Crippen molar-refractivity contribution in [1.29, 1.82) is 0 Å². The first-order valence-electron chi connectivity index (χ1n) is 12.0. The third kappa shape index (κ3) is 4.98. The lowest BCUT2D eigenvalue weighted by atomic mass is 10.0. The highest BCUT2D eigenvalue weighted by Crippen LogP contribution is 2.49. The second-order valence-electron chi connectivity index (χ2n) is 8.95. The zero-order valence-electron chi connectivity index (χ0n) is 20.0. The third-order valence-electron chi connectivity index (χ3n) is 6.40. The van der Waals surface area contributed by atoms with E-state index in [4.69, 9.17) is 0 Å². The van der Waals surface area contributed by atoms with Gasteiger partial charge in [-0.1, -0.05) is 42.1 Å². The van der Waals surface area contributed by atoms with Gasteiger partial charge in [-0.25, -0.2) is 4.98 Å². The number of para-hydroxylation sites is 1. The van der Waals surface area contributed by atoms with Gasteiger partial charge in [-0.15, -0.1) is 0 Å². The van der Waals surface area contributed by atoms with Crippen molar-refractivity contribution < 1.29 is 10.2 Å². The number of pyridine rings is 2. The molecule has 1 saturated carbocycles. The Morgan fingerprint density at radius 1 is 1.00 bits per heavy atom. The number of anilines is 2. The maximum atomic E-state index is 11.5. The summed E-state index contributed by atoms with van der Waals surface area (Å²) in [6, 6.07) is 20.1. The molecule has 1 aliphatic rings. The number of rotatable bonds is 8. The fraction of sp³-hybridized carbons (Fsp3) is 0.241. The van der Waals surface area contributed by atoms with Crippen LogP contribution in [0.2, 0.25) is 0 Å². The third-order valence-corrected chi connectivity index (χ3v) is 7.48. The Morgan fingerprint density at radius 3 is 2.40 bits per heavy atom. The summed E-state index contributed by atoms with van der Waals surface area (Å²) in [6.45, 7) is 4.78. The molecule has 0 saturated heterocycles. The molecule has 35 heavy (non-hydrogen) atoms. The second-order valence-corrected chi connectivity index (χ2v) is 10.0. The van der Waals surface area contributed by atoms with Crippen LogP contribution in [-0.4, -0.2) is 26.7 Å². The SMILES string of the molecule is CCN(c1ccccc1)c1c(CC2CC2)nc(O)c(Sc2ccc(-c3ccncc3C)cc2)c1O. The average Bonchev–Trinajstić information content (AvgIpc) is 3.69. The van der Waals surface area contributed by atoms with Gasteiger partial charge in [0.2, 0.25) is 5.88 Å². The number of nitrogens with zero attached hydrogens (tertiary/aromatic N) is 3. The molecule has 0 aliphatic heterocycles. The van der Waals surface area contributed by atoms with E-state index in [0.29, 0.717) is 23.0 Å². The molecule has 2 heterocycles. The minimum absolute atomic E-state index is 0.0814. The van der Waals surface area contributed by atoms with E-state index in [-0.39, 0.29) is 11.6 Å². The molecule has 5 rings (SSSR count). The number of aromatic hydroxyl groups is 2. The quantitative estimate of drug-likeness (QED) is 0.278. The van der Waals surface area contributed by atoms with E-state index in [9.17, 15) is 10.2 Å². The summed E-state index contributed by atoms with van der Waals surface area (Å²) in [5.74, 6) is 0.528. The first kappa shape index (κ1) is 23.2. The topological polar surface area (TPSA) is 69.5 Å². The summed E-state index contributed by atoms with van der Waals surface area (Å²) in [7, 11) is 0. The summed E-state index contributed by atoms with van der Waals surface area (Å²) >= 11 is 1.33. The Bertz CT molecular complexity index is 1320. The molecule has 0 bridgehead atoms. The van der Waals surface area contributed by atoms with E-state index in [1.165, 1.54) is 24.6 Å². The van der Waals surface area contributed by atoms with Gasteiger partial charge in [0.15, 0.2) is 5.75 Å². The average molecular weight is 484 g/mol. The van der Waals surface area contributed by atoms with Crippen LogP contribution in [-0.2, 0) is 6.42 Å². The normalized spacial score (nSPS) is 13.1. The van der Waals surface area contributed by atoms with Crippen LogP contribution < -0.4 is 4.90 Å². The predicted octanol–water partition coefficient (Wildman–Crippen LogP) is 7.12. The maximum Gasteiger partial charge on any atom is 0.229 e. The van der Waals surface area contributed by atoms with Gasteiger partial charge < -0.3 is 15.1 Å². The molecule has 6 heteroatoms. The molecule has 0 amide bonds. The number of hydrogen-bond acceptors (Lipinski definition) is 6. The predicted molar refractivity (Wildman–Crippen MR) is 142 cm³/mol. The first-order valence-corrected chi connectivity index (χ1v) is 12.8. The second kappa shape index (κ2) is 10.0. The minimum Gasteiger partial charge on any atom is -0.504 e. The van der Waals surface area contributed by atoms with E-state index in [1.54, 1.807) is 6.20 Å². The molecule has 2 aromatic heterocycles. The van der Waals surface area contributed by atoms with Crippen molar-refractivity contribution in [3.8, 4) is 22.8 Å². The van der Waals surface area contributed by atoms with Crippen LogP contribution in [0.3, 0.4) is 0 Å². The fourth-order valence-electron chi connectivity index (χ4n) is 4.39. The number of benzene rings is 2. The van der Waals surface area contributed by atoms with Crippen LogP contribution in [0.4, 0.5) is 11.4 Å². The van der Waals surface area contributed by atoms with Crippen LogP contribution in [0.1, 0.15) is 31.0 Å². The van der Waals surface area contributed by atoms with Crippen molar-refractivity contribution in [1.82, 2.24) is 9.97 Å². The van der Waals surface area contributed by atoms with E-state index >= 15 is 0 Å². The van der Waals surface area contributed by atoms with Gasteiger partial charge in [0.25, 0.3) is 0 Å². The van der Waals surface area contributed by atoms with Crippen molar-refractivity contribution in [2.45, 2.75) is 42.9 Å². The summed E-state index contributed by atoms with van der Waals surface area (Å²) in [5.41, 5.74) is 5.78. The lowest BCUT2D eigenvalue weighted by Gasteiger charge is -2.27. The number of aromatic nitrogens is 2. The summed E-state index contributed by atoms with van der Waals surface area (Å²) in [6.07, 6.45) is 6.74. The maximum absolute atomic E-state index is 11.5. The van der Waals surface area contributed by atoms with Crippen LogP contribution in [0.15, 0.2) is 82.8 Å². The lowest BCUT2D eigenvalue weighted by Crippen LogP contribution is -2.19. The van der Waals surface area contributed by atoms with E-state index in [1.807, 2.05) is 61.7 Å². The van der Waals surface area contributed by atoms with Crippen LogP contribution in [0, 0.1) is 12.8 Å².